The van der Waals surface area contributed by atoms with Gasteiger partial charge in [0.05, 0.1) is 24.0 Å². The molecule has 2 aromatic heterocycles. The Balaban J connectivity index is 1.36. The van der Waals surface area contributed by atoms with Crippen LogP contribution in [-0.2, 0) is 4.74 Å². The monoisotopic (exact) mass is 490 g/mol. The van der Waals surface area contributed by atoms with E-state index in [1.807, 2.05) is 72.6 Å². The highest BCUT2D eigenvalue weighted by atomic mass is 32.1. The van der Waals surface area contributed by atoms with Gasteiger partial charge in [-0.2, -0.15) is 0 Å². The molecule has 0 radical (unpaired) electrons. The summed E-state index contributed by atoms with van der Waals surface area (Å²) in [6.45, 7) is 7.60. The second kappa shape index (κ2) is 9.05. The average molecular weight is 491 g/mol. The predicted octanol–water partition coefficient (Wildman–Crippen LogP) is 4.65. The number of nitrogens with one attached hydrogen (secondary N) is 1. The van der Waals surface area contributed by atoms with Gasteiger partial charge >= 0.3 is 6.09 Å². The molecule has 0 unspecified atom stereocenters. The zero-order chi connectivity index (χ0) is 24.7. The lowest BCUT2D eigenvalue weighted by atomic mass is 9.94. The Bertz CT molecular complexity index is 1330. The Labute approximate surface area is 209 Å². The summed E-state index contributed by atoms with van der Waals surface area (Å²) in [5.74, 6) is 2.22. The molecule has 9 heteroatoms. The van der Waals surface area contributed by atoms with Crippen molar-refractivity contribution in [2.75, 3.05) is 39.0 Å². The van der Waals surface area contributed by atoms with E-state index >= 15 is 0 Å². The minimum absolute atomic E-state index is 0.322. The number of nitrogens with zero attached hydrogens (tertiary/aromatic N) is 5. The molecule has 1 amide bonds. The number of rotatable bonds is 5. The van der Waals surface area contributed by atoms with Crippen molar-refractivity contribution in [3.8, 4) is 0 Å². The van der Waals surface area contributed by atoms with E-state index in [1.54, 1.807) is 11.3 Å². The molecule has 2 aliphatic heterocycles. The lowest BCUT2D eigenvalue weighted by Crippen LogP contribution is -2.47. The minimum Gasteiger partial charge on any atom is -0.440 e. The number of ether oxygens (including phenoxy) is 1. The van der Waals surface area contributed by atoms with Crippen molar-refractivity contribution < 1.29 is 9.53 Å². The van der Waals surface area contributed by atoms with Crippen molar-refractivity contribution in [3.05, 3.63) is 64.3 Å². The standard InChI is InChI=1S/C26H30N6O2S/c1-16-28-23(18-11-12-35-24(18)29-16)30-22-19-14-32(26(2,3)20(19)13-27-22)25(33)34-21(15-31(4)5)17-9-7-6-8-10-17/h6-12,21H,13-15H2,1-5H3,(H,27,28,29,30)/t21-/m1/s1. The average Bonchev–Trinajstić information content (AvgIpc) is 3.50. The van der Waals surface area contributed by atoms with E-state index in [0.717, 1.165) is 38.6 Å². The number of anilines is 1. The third-order valence-corrected chi connectivity index (χ3v) is 7.42. The molecule has 0 spiro atoms. The summed E-state index contributed by atoms with van der Waals surface area (Å²) in [6, 6.07) is 11.9. The Kier molecular flexibility index (Phi) is 6.06. The van der Waals surface area contributed by atoms with E-state index in [1.165, 1.54) is 0 Å². The Morgan fingerprint density at radius 3 is 2.74 bits per heavy atom. The van der Waals surface area contributed by atoms with Gasteiger partial charge in [0.2, 0.25) is 0 Å². The summed E-state index contributed by atoms with van der Waals surface area (Å²) in [5.41, 5.74) is 2.65. The van der Waals surface area contributed by atoms with Gasteiger partial charge in [-0.25, -0.2) is 14.8 Å². The molecule has 5 rings (SSSR count). The zero-order valence-electron chi connectivity index (χ0n) is 20.7. The SMILES string of the molecule is Cc1nc(NC2=NCC3=C2CN(C(=O)O[C@H](CN(C)C)c2ccccc2)C3(C)C)c2ccsc2n1. The fourth-order valence-corrected chi connectivity index (χ4v) is 5.53. The maximum atomic E-state index is 13.5. The van der Waals surface area contributed by atoms with E-state index in [2.05, 4.69) is 29.1 Å². The Morgan fingerprint density at radius 2 is 2.00 bits per heavy atom. The van der Waals surface area contributed by atoms with Crippen LogP contribution in [0.5, 0.6) is 0 Å². The zero-order valence-corrected chi connectivity index (χ0v) is 21.5. The molecule has 182 valence electrons. The number of amidine groups is 1. The van der Waals surface area contributed by atoms with Gasteiger partial charge in [0.1, 0.15) is 28.4 Å². The topological polar surface area (TPSA) is 83.0 Å². The first-order valence-corrected chi connectivity index (χ1v) is 12.6. The van der Waals surface area contributed by atoms with Crippen molar-refractivity contribution in [1.29, 1.82) is 0 Å². The van der Waals surface area contributed by atoms with Gasteiger partial charge in [0.15, 0.2) is 0 Å². The second-order valence-corrected chi connectivity index (χ2v) is 10.6. The van der Waals surface area contributed by atoms with Crippen LogP contribution in [-0.4, -0.2) is 71.0 Å². The maximum absolute atomic E-state index is 13.5. The van der Waals surface area contributed by atoms with E-state index in [9.17, 15) is 4.79 Å². The number of aliphatic imine (C=N–C) groups is 1. The number of amides is 1. The van der Waals surface area contributed by atoms with Crippen molar-refractivity contribution in [2.24, 2.45) is 4.99 Å². The molecule has 2 aliphatic rings. The van der Waals surface area contributed by atoms with Gasteiger partial charge in [-0.3, -0.25) is 9.89 Å². The minimum atomic E-state index is -0.502. The lowest BCUT2D eigenvalue weighted by molar-refractivity contribution is 0.0383. The number of aryl methyl sites for hydroxylation is 1. The number of hydrogen-bond donors (Lipinski definition) is 1. The van der Waals surface area contributed by atoms with E-state index in [4.69, 9.17) is 9.73 Å². The first-order valence-electron chi connectivity index (χ1n) is 11.7. The van der Waals surface area contributed by atoms with Crippen molar-refractivity contribution in [1.82, 2.24) is 19.8 Å². The highest BCUT2D eigenvalue weighted by Crippen LogP contribution is 2.39. The smallest absolute Gasteiger partial charge is 0.411 e. The molecule has 35 heavy (non-hydrogen) atoms. The van der Waals surface area contributed by atoms with E-state index in [0.29, 0.717) is 25.5 Å². The fourth-order valence-electron chi connectivity index (χ4n) is 4.72. The molecule has 0 aliphatic carbocycles. The predicted molar refractivity (Wildman–Crippen MR) is 140 cm³/mol. The third-order valence-electron chi connectivity index (χ3n) is 6.61. The lowest BCUT2D eigenvalue weighted by Gasteiger charge is -2.35. The molecular formula is C26H30N6O2S. The fraction of sp³-hybridized carbons (Fsp3) is 0.385. The molecule has 4 heterocycles. The number of aromatic nitrogens is 2. The number of benzene rings is 1. The third kappa shape index (κ3) is 4.41. The van der Waals surface area contributed by atoms with E-state index in [-0.39, 0.29) is 12.2 Å². The van der Waals surface area contributed by atoms with Crippen LogP contribution in [0, 0.1) is 6.92 Å². The molecule has 0 saturated carbocycles. The Morgan fingerprint density at radius 1 is 1.23 bits per heavy atom. The Hall–Kier alpha value is -3.30. The summed E-state index contributed by atoms with van der Waals surface area (Å²) < 4.78 is 6.09. The molecule has 0 bridgehead atoms. The number of likely N-dealkylation sites (N-methyl/N-ethyl adjacent to an activating group) is 1. The first kappa shape index (κ1) is 23.4. The largest absolute Gasteiger partial charge is 0.440 e. The summed E-state index contributed by atoms with van der Waals surface area (Å²) >= 11 is 1.59. The van der Waals surface area contributed by atoms with Crippen LogP contribution >= 0.6 is 11.3 Å². The van der Waals surface area contributed by atoms with Gasteiger partial charge in [0, 0.05) is 12.1 Å². The van der Waals surface area contributed by atoms with Crippen LogP contribution in [0.25, 0.3) is 10.2 Å². The number of carbonyl (C=O) groups excluding carboxylic acids is 1. The maximum Gasteiger partial charge on any atom is 0.411 e. The molecule has 3 aromatic rings. The van der Waals surface area contributed by atoms with Crippen molar-refractivity contribution in [3.63, 3.8) is 0 Å². The second-order valence-electron chi connectivity index (χ2n) is 9.70. The first-order chi connectivity index (χ1) is 16.7. The summed E-state index contributed by atoms with van der Waals surface area (Å²) in [6.07, 6.45) is -0.676. The van der Waals surface area contributed by atoms with Gasteiger partial charge in [-0.05, 0) is 57.4 Å². The van der Waals surface area contributed by atoms with Gasteiger partial charge in [-0.15, -0.1) is 11.3 Å². The summed E-state index contributed by atoms with van der Waals surface area (Å²) in [7, 11) is 3.96. The van der Waals surface area contributed by atoms with Gasteiger partial charge < -0.3 is 15.0 Å². The number of fused-ring (bicyclic) bond motifs is 1. The molecule has 8 nitrogen and oxygen atoms in total. The highest BCUT2D eigenvalue weighted by Gasteiger charge is 2.46. The van der Waals surface area contributed by atoms with Crippen LogP contribution in [0.2, 0.25) is 0 Å². The van der Waals surface area contributed by atoms with Gasteiger partial charge in [0.25, 0.3) is 0 Å². The van der Waals surface area contributed by atoms with Crippen LogP contribution in [0.4, 0.5) is 10.6 Å². The van der Waals surface area contributed by atoms with Crippen LogP contribution in [0.3, 0.4) is 0 Å². The molecule has 0 saturated heterocycles. The molecule has 1 atom stereocenters. The number of thiophene rings is 1. The van der Waals surface area contributed by atoms with Crippen LogP contribution in [0.1, 0.15) is 31.3 Å². The number of hydrogen-bond acceptors (Lipinski definition) is 8. The normalized spacial score (nSPS) is 17.7. The van der Waals surface area contributed by atoms with Crippen molar-refractivity contribution in [2.45, 2.75) is 32.4 Å². The number of carbonyl (C=O) groups is 1. The van der Waals surface area contributed by atoms with Crippen LogP contribution < -0.4 is 5.32 Å². The van der Waals surface area contributed by atoms with E-state index < -0.39 is 5.54 Å². The van der Waals surface area contributed by atoms with Gasteiger partial charge in [-0.1, -0.05) is 30.3 Å². The highest BCUT2D eigenvalue weighted by molar-refractivity contribution is 7.16. The molecule has 0 fully saturated rings. The molecule has 1 N–H and O–H groups in total. The summed E-state index contributed by atoms with van der Waals surface area (Å²) in [5, 5.41) is 6.42. The van der Waals surface area contributed by atoms with Crippen molar-refractivity contribution >= 4 is 39.3 Å². The molecular weight excluding hydrogens is 460 g/mol. The summed E-state index contributed by atoms with van der Waals surface area (Å²) in [4.78, 5) is 32.2. The molecule has 1 aromatic carbocycles. The van der Waals surface area contributed by atoms with Crippen LogP contribution in [0.15, 0.2) is 57.9 Å². The quantitative estimate of drug-likeness (QED) is 0.560.